The van der Waals surface area contributed by atoms with Gasteiger partial charge in [-0.15, -0.1) is 11.3 Å². The molecular weight excluding hydrogens is 349 g/mol. The van der Waals surface area contributed by atoms with E-state index in [0.29, 0.717) is 17.7 Å². The average Bonchev–Trinajstić information content (AvgIpc) is 3.18. The highest BCUT2D eigenvalue weighted by molar-refractivity contribution is 7.19. The lowest BCUT2D eigenvalue weighted by atomic mass is 10.2. The number of nitrogens with one attached hydrogen (secondary N) is 1. The van der Waals surface area contributed by atoms with Crippen molar-refractivity contribution in [1.82, 2.24) is 5.32 Å². The Morgan fingerprint density at radius 2 is 1.85 bits per heavy atom. The van der Waals surface area contributed by atoms with E-state index in [1.807, 2.05) is 43.3 Å². The number of amides is 1. The van der Waals surface area contributed by atoms with Crippen molar-refractivity contribution in [3.63, 3.8) is 0 Å². The molecule has 1 N–H and O–H groups in total. The number of rotatable bonds is 4. The van der Waals surface area contributed by atoms with Crippen molar-refractivity contribution >= 4 is 27.5 Å². The first-order valence-corrected chi connectivity index (χ1v) is 9.04. The smallest absolute Gasteiger partial charge is 0.256 e. The predicted octanol–water partition coefficient (Wildman–Crippen LogP) is 5.54. The van der Waals surface area contributed by atoms with Crippen LogP contribution < -0.4 is 5.32 Å². The van der Waals surface area contributed by atoms with Gasteiger partial charge in [-0.2, -0.15) is 0 Å². The molecule has 5 heteroatoms. The van der Waals surface area contributed by atoms with Crippen LogP contribution in [0, 0.1) is 12.7 Å². The molecule has 4 rings (SSSR count). The van der Waals surface area contributed by atoms with Crippen LogP contribution in [0.4, 0.5) is 4.39 Å². The molecule has 0 saturated heterocycles. The molecule has 2 aromatic heterocycles. The summed E-state index contributed by atoms with van der Waals surface area (Å²) in [5.74, 6) is 0.269. The van der Waals surface area contributed by atoms with Gasteiger partial charge in [0.1, 0.15) is 11.6 Å². The summed E-state index contributed by atoms with van der Waals surface area (Å²) < 4.78 is 19.9. The summed E-state index contributed by atoms with van der Waals surface area (Å²) in [5, 5.41) is 2.89. The summed E-state index contributed by atoms with van der Waals surface area (Å²) >= 11 is 1.54. The minimum Gasteiger partial charge on any atom is -0.454 e. The first-order chi connectivity index (χ1) is 12.6. The maximum absolute atomic E-state index is 13.0. The van der Waals surface area contributed by atoms with Crippen LogP contribution in [-0.2, 0) is 6.54 Å². The van der Waals surface area contributed by atoms with E-state index in [9.17, 15) is 9.18 Å². The molecule has 2 heterocycles. The number of hydrogen-bond acceptors (Lipinski definition) is 3. The minimum absolute atomic E-state index is 0.188. The number of furan rings is 1. The van der Waals surface area contributed by atoms with Crippen LogP contribution in [0.2, 0.25) is 0 Å². The van der Waals surface area contributed by atoms with Crippen LogP contribution in [0.5, 0.6) is 0 Å². The monoisotopic (exact) mass is 365 g/mol. The summed E-state index contributed by atoms with van der Waals surface area (Å²) in [4.78, 5) is 13.6. The quantitative estimate of drug-likeness (QED) is 0.516. The van der Waals surface area contributed by atoms with Crippen molar-refractivity contribution in [3.05, 3.63) is 82.5 Å². The van der Waals surface area contributed by atoms with Gasteiger partial charge in [0.25, 0.3) is 5.91 Å². The van der Waals surface area contributed by atoms with Gasteiger partial charge in [-0.3, -0.25) is 4.79 Å². The van der Waals surface area contributed by atoms with Gasteiger partial charge in [0.15, 0.2) is 5.58 Å². The van der Waals surface area contributed by atoms with E-state index in [0.717, 1.165) is 26.5 Å². The van der Waals surface area contributed by atoms with Gasteiger partial charge in [-0.05, 0) is 24.6 Å². The number of thiophene rings is 1. The number of carbonyl (C=O) groups is 1. The van der Waals surface area contributed by atoms with Gasteiger partial charge in [0.2, 0.25) is 0 Å². The van der Waals surface area contributed by atoms with Gasteiger partial charge in [0, 0.05) is 23.1 Å². The van der Waals surface area contributed by atoms with Gasteiger partial charge in [0.05, 0.1) is 10.3 Å². The minimum atomic E-state index is -0.292. The molecule has 26 heavy (non-hydrogen) atoms. The summed E-state index contributed by atoms with van der Waals surface area (Å²) in [6, 6.07) is 17.9. The summed E-state index contributed by atoms with van der Waals surface area (Å²) in [6.07, 6.45) is 0. The Morgan fingerprint density at radius 3 is 2.58 bits per heavy atom. The molecule has 2 aromatic carbocycles. The summed E-state index contributed by atoms with van der Waals surface area (Å²) in [5.41, 5.74) is 3.00. The number of carbonyl (C=O) groups excluding carboxylic acids is 1. The summed E-state index contributed by atoms with van der Waals surface area (Å²) in [6.45, 7) is 2.25. The van der Waals surface area contributed by atoms with Crippen molar-refractivity contribution in [1.29, 1.82) is 0 Å². The standard InChI is InChI=1S/C21H16FNO2S/c1-13-19(21(24)23-12-14-7-9-16(22)10-8-14)20-18(26-13)11-17(25-20)15-5-3-2-4-6-15/h2-11H,12H2,1H3,(H,23,24). The Balaban J connectivity index is 1.60. The molecule has 0 aliphatic rings. The molecule has 1 amide bonds. The molecule has 3 nitrogen and oxygen atoms in total. The Kier molecular flexibility index (Phi) is 4.31. The van der Waals surface area contributed by atoms with E-state index in [2.05, 4.69) is 5.32 Å². The van der Waals surface area contributed by atoms with Gasteiger partial charge < -0.3 is 9.73 Å². The first-order valence-electron chi connectivity index (χ1n) is 8.23. The van der Waals surface area contributed by atoms with E-state index in [1.165, 1.54) is 12.1 Å². The maximum atomic E-state index is 13.0. The number of hydrogen-bond donors (Lipinski definition) is 1. The average molecular weight is 365 g/mol. The fourth-order valence-corrected chi connectivity index (χ4v) is 3.90. The third kappa shape index (κ3) is 3.13. The second kappa shape index (κ2) is 6.77. The van der Waals surface area contributed by atoms with Crippen molar-refractivity contribution in [2.75, 3.05) is 0 Å². The highest BCUT2D eigenvalue weighted by Crippen LogP contribution is 2.36. The topological polar surface area (TPSA) is 42.2 Å². The molecule has 130 valence electrons. The van der Waals surface area contributed by atoms with E-state index in [-0.39, 0.29) is 11.7 Å². The van der Waals surface area contributed by atoms with Crippen molar-refractivity contribution in [2.45, 2.75) is 13.5 Å². The second-order valence-electron chi connectivity index (χ2n) is 6.01. The highest BCUT2D eigenvalue weighted by atomic mass is 32.1. The predicted molar refractivity (Wildman–Crippen MR) is 102 cm³/mol. The molecule has 0 aliphatic carbocycles. The maximum Gasteiger partial charge on any atom is 0.256 e. The van der Waals surface area contributed by atoms with E-state index < -0.39 is 0 Å². The SMILES string of the molecule is Cc1sc2cc(-c3ccccc3)oc2c1C(=O)NCc1ccc(F)cc1. The zero-order valence-corrected chi connectivity index (χ0v) is 14.9. The van der Waals surface area contributed by atoms with Gasteiger partial charge >= 0.3 is 0 Å². The number of halogens is 1. The molecule has 0 atom stereocenters. The van der Waals surface area contributed by atoms with Crippen LogP contribution >= 0.6 is 11.3 Å². The third-order valence-corrected chi connectivity index (χ3v) is 5.23. The van der Waals surface area contributed by atoms with Gasteiger partial charge in [-0.25, -0.2) is 4.39 Å². The number of aryl methyl sites for hydroxylation is 1. The fourth-order valence-electron chi connectivity index (χ4n) is 2.88. The molecule has 0 bridgehead atoms. The van der Waals surface area contributed by atoms with Crippen LogP contribution in [-0.4, -0.2) is 5.91 Å². The third-order valence-electron chi connectivity index (χ3n) is 4.19. The van der Waals surface area contributed by atoms with Crippen LogP contribution in [0.15, 0.2) is 65.1 Å². The zero-order valence-electron chi connectivity index (χ0n) is 14.1. The van der Waals surface area contributed by atoms with Crippen molar-refractivity contribution in [3.8, 4) is 11.3 Å². The van der Waals surface area contributed by atoms with Crippen LogP contribution in [0.3, 0.4) is 0 Å². The number of benzene rings is 2. The largest absolute Gasteiger partial charge is 0.454 e. The second-order valence-corrected chi connectivity index (χ2v) is 7.27. The Labute approximate surface area is 154 Å². The molecule has 0 saturated carbocycles. The molecular formula is C21H16FNO2S. The Hall–Kier alpha value is -2.92. The lowest BCUT2D eigenvalue weighted by molar-refractivity contribution is 0.0951. The lowest BCUT2D eigenvalue weighted by Crippen LogP contribution is -2.23. The molecule has 0 unspecified atom stereocenters. The lowest BCUT2D eigenvalue weighted by Gasteiger charge is -2.05. The van der Waals surface area contributed by atoms with E-state index in [1.54, 1.807) is 23.5 Å². The van der Waals surface area contributed by atoms with Crippen LogP contribution in [0.1, 0.15) is 20.8 Å². The molecule has 0 spiro atoms. The van der Waals surface area contributed by atoms with Crippen molar-refractivity contribution in [2.24, 2.45) is 0 Å². The van der Waals surface area contributed by atoms with E-state index >= 15 is 0 Å². The normalized spacial score (nSPS) is 11.0. The molecule has 4 aromatic rings. The zero-order chi connectivity index (χ0) is 18.1. The Morgan fingerprint density at radius 1 is 1.12 bits per heavy atom. The molecule has 0 radical (unpaired) electrons. The number of fused-ring (bicyclic) bond motifs is 1. The summed E-state index contributed by atoms with van der Waals surface area (Å²) in [7, 11) is 0. The van der Waals surface area contributed by atoms with Crippen molar-refractivity contribution < 1.29 is 13.6 Å². The highest BCUT2D eigenvalue weighted by Gasteiger charge is 2.21. The Bertz CT molecular complexity index is 1060. The van der Waals surface area contributed by atoms with Crippen LogP contribution in [0.25, 0.3) is 21.6 Å². The van der Waals surface area contributed by atoms with Gasteiger partial charge in [-0.1, -0.05) is 42.5 Å². The fraction of sp³-hybridized carbons (Fsp3) is 0.0952. The van der Waals surface area contributed by atoms with E-state index in [4.69, 9.17) is 4.42 Å². The molecule has 0 aliphatic heterocycles. The molecule has 0 fully saturated rings. The first kappa shape index (κ1) is 16.5.